The van der Waals surface area contributed by atoms with Crippen molar-refractivity contribution in [2.75, 3.05) is 13.1 Å². The van der Waals surface area contributed by atoms with E-state index < -0.39 is 0 Å². The van der Waals surface area contributed by atoms with E-state index in [0.717, 1.165) is 24.8 Å². The maximum Gasteiger partial charge on any atom is 0.223 e. The fourth-order valence-corrected chi connectivity index (χ4v) is 3.47. The Morgan fingerprint density at radius 1 is 1.44 bits per heavy atom. The van der Waals surface area contributed by atoms with Gasteiger partial charge in [-0.2, -0.15) is 0 Å². The highest BCUT2D eigenvalue weighted by Crippen LogP contribution is 2.49. The minimum absolute atomic E-state index is 0.262. The first-order chi connectivity index (χ1) is 7.74. The molecule has 0 radical (unpaired) electrons. The van der Waals surface area contributed by atoms with Crippen LogP contribution >= 0.6 is 0 Å². The van der Waals surface area contributed by atoms with Crippen LogP contribution < -0.4 is 0 Å². The van der Waals surface area contributed by atoms with Crippen LogP contribution in [-0.4, -0.2) is 23.9 Å². The third-order valence-corrected chi connectivity index (χ3v) is 4.34. The summed E-state index contributed by atoms with van der Waals surface area (Å²) in [5, 5.41) is 0. The molecule has 0 saturated heterocycles. The molecule has 2 nitrogen and oxygen atoms in total. The van der Waals surface area contributed by atoms with Gasteiger partial charge in [-0.1, -0.05) is 12.3 Å². The Bertz CT molecular complexity index is 304. The molecule has 3 unspecified atom stereocenters. The molecule has 2 bridgehead atoms. The lowest BCUT2D eigenvalue weighted by Gasteiger charge is -2.24. The van der Waals surface area contributed by atoms with E-state index in [4.69, 9.17) is 6.42 Å². The summed E-state index contributed by atoms with van der Waals surface area (Å²) in [6.07, 6.45) is 11.4. The number of amides is 1. The van der Waals surface area contributed by atoms with Gasteiger partial charge in [-0.05, 0) is 43.9 Å². The van der Waals surface area contributed by atoms with Gasteiger partial charge < -0.3 is 4.90 Å². The molecular weight excluding hydrogens is 198 g/mol. The SMILES string of the molecule is C#CCN(CC)C(=O)CC1CC2CCC1C2. The van der Waals surface area contributed by atoms with Crippen molar-refractivity contribution in [2.24, 2.45) is 17.8 Å². The van der Waals surface area contributed by atoms with E-state index >= 15 is 0 Å². The van der Waals surface area contributed by atoms with Crippen LogP contribution in [0.1, 0.15) is 39.0 Å². The Labute approximate surface area is 98.4 Å². The first kappa shape index (κ1) is 11.5. The number of hydrogen-bond acceptors (Lipinski definition) is 1. The van der Waals surface area contributed by atoms with Gasteiger partial charge in [0.15, 0.2) is 0 Å². The number of carbonyl (C=O) groups excluding carboxylic acids is 1. The quantitative estimate of drug-likeness (QED) is 0.664. The molecule has 2 fully saturated rings. The topological polar surface area (TPSA) is 20.3 Å². The van der Waals surface area contributed by atoms with E-state index in [0.29, 0.717) is 12.5 Å². The van der Waals surface area contributed by atoms with Gasteiger partial charge in [0, 0.05) is 13.0 Å². The Hall–Kier alpha value is -0.970. The highest BCUT2D eigenvalue weighted by molar-refractivity contribution is 5.76. The summed E-state index contributed by atoms with van der Waals surface area (Å²) >= 11 is 0. The van der Waals surface area contributed by atoms with Crippen molar-refractivity contribution in [3.8, 4) is 12.3 Å². The van der Waals surface area contributed by atoms with Gasteiger partial charge in [0.2, 0.25) is 5.91 Å². The number of fused-ring (bicyclic) bond motifs is 2. The summed E-state index contributed by atoms with van der Waals surface area (Å²) in [5.74, 6) is 5.23. The summed E-state index contributed by atoms with van der Waals surface area (Å²) in [6, 6.07) is 0. The molecule has 2 saturated carbocycles. The van der Waals surface area contributed by atoms with Crippen molar-refractivity contribution in [3.63, 3.8) is 0 Å². The Morgan fingerprint density at radius 3 is 2.75 bits per heavy atom. The van der Waals surface area contributed by atoms with Crippen molar-refractivity contribution < 1.29 is 4.79 Å². The Kier molecular flexibility index (Phi) is 3.53. The third kappa shape index (κ3) is 2.24. The van der Waals surface area contributed by atoms with Crippen molar-refractivity contribution in [1.29, 1.82) is 0 Å². The van der Waals surface area contributed by atoms with Crippen LogP contribution in [0.3, 0.4) is 0 Å². The Morgan fingerprint density at radius 2 is 2.25 bits per heavy atom. The molecule has 2 aliphatic carbocycles. The van der Waals surface area contributed by atoms with Crippen molar-refractivity contribution in [1.82, 2.24) is 4.90 Å². The van der Waals surface area contributed by atoms with Gasteiger partial charge in [0.25, 0.3) is 0 Å². The number of carbonyl (C=O) groups is 1. The van der Waals surface area contributed by atoms with Gasteiger partial charge in [0.1, 0.15) is 0 Å². The van der Waals surface area contributed by atoms with Gasteiger partial charge in [-0.15, -0.1) is 6.42 Å². The minimum atomic E-state index is 0.262. The second-order valence-electron chi connectivity index (χ2n) is 5.25. The standard InChI is InChI=1S/C14H21NO/c1-3-7-15(4-2)14(16)10-13-9-11-5-6-12(13)8-11/h1,11-13H,4-10H2,2H3. The van der Waals surface area contributed by atoms with Gasteiger partial charge >= 0.3 is 0 Å². The molecule has 0 heterocycles. The van der Waals surface area contributed by atoms with Crippen molar-refractivity contribution >= 4 is 5.91 Å². The molecule has 2 aliphatic rings. The predicted molar refractivity (Wildman–Crippen MR) is 64.6 cm³/mol. The van der Waals surface area contributed by atoms with Crippen LogP contribution in [0.2, 0.25) is 0 Å². The molecule has 2 heteroatoms. The van der Waals surface area contributed by atoms with E-state index in [-0.39, 0.29) is 5.91 Å². The maximum absolute atomic E-state index is 12.0. The van der Waals surface area contributed by atoms with Gasteiger partial charge in [-0.25, -0.2) is 0 Å². The second-order valence-corrected chi connectivity index (χ2v) is 5.25. The lowest BCUT2D eigenvalue weighted by atomic mass is 9.86. The van der Waals surface area contributed by atoms with E-state index in [9.17, 15) is 4.79 Å². The molecule has 0 aromatic rings. The van der Waals surface area contributed by atoms with Crippen LogP contribution in [0.25, 0.3) is 0 Å². The normalized spacial score (nSPS) is 31.4. The van der Waals surface area contributed by atoms with E-state index in [2.05, 4.69) is 5.92 Å². The Balaban J connectivity index is 1.85. The zero-order valence-electron chi connectivity index (χ0n) is 10.1. The molecule has 2 rings (SSSR count). The number of rotatable bonds is 4. The molecule has 88 valence electrons. The summed E-state index contributed by atoms with van der Waals surface area (Å²) in [5.41, 5.74) is 0. The number of terminal acetylenes is 1. The van der Waals surface area contributed by atoms with E-state index in [1.165, 1.54) is 25.7 Å². The van der Waals surface area contributed by atoms with Crippen LogP contribution in [0.5, 0.6) is 0 Å². The highest BCUT2D eigenvalue weighted by Gasteiger charge is 2.40. The molecule has 0 aromatic heterocycles. The predicted octanol–water partition coefficient (Wildman–Crippen LogP) is 2.29. The first-order valence-electron chi connectivity index (χ1n) is 6.45. The molecule has 1 amide bonds. The van der Waals surface area contributed by atoms with Crippen LogP contribution in [0.4, 0.5) is 0 Å². The fourth-order valence-electron chi connectivity index (χ4n) is 3.47. The number of nitrogens with zero attached hydrogens (tertiary/aromatic N) is 1. The third-order valence-electron chi connectivity index (χ3n) is 4.34. The summed E-state index contributed by atoms with van der Waals surface area (Å²) in [7, 11) is 0. The lowest BCUT2D eigenvalue weighted by Crippen LogP contribution is -2.33. The molecule has 16 heavy (non-hydrogen) atoms. The average molecular weight is 219 g/mol. The molecule has 0 aromatic carbocycles. The lowest BCUT2D eigenvalue weighted by molar-refractivity contribution is -0.131. The molecule has 3 atom stereocenters. The molecule has 0 aliphatic heterocycles. The minimum Gasteiger partial charge on any atom is -0.332 e. The van der Waals surface area contributed by atoms with Crippen molar-refractivity contribution in [2.45, 2.75) is 39.0 Å². The molecule has 0 N–H and O–H groups in total. The van der Waals surface area contributed by atoms with Crippen LogP contribution in [-0.2, 0) is 4.79 Å². The van der Waals surface area contributed by atoms with Crippen molar-refractivity contribution in [3.05, 3.63) is 0 Å². The summed E-state index contributed by atoms with van der Waals surface area (Å²) < 4.78 is 0. The zero-order valence-corrected chi connectivity index (χ0v) is 10.1. The molecule has 0 spiro atoms. The monoisotopic (exact) mass is 219 g/mol. The van der Waals surface area contributed by atoms with Crippen LogP contribution in [0.15, 0.2) is 0 Å². The second kappa shape index (κ2) is 4.91. The van der Waals surface area contributed by atoms with Crippen LogP contribution in [0, 0.1) is 30.1 Å². The summed E-state index contributed by atoms with van der Waals surface area (Å²) in [6.45, 7) is 3.20. The molecular formula is C14H21NO. The highest BCUT2D eigenvalue weighted by atomic mass is 16.2. The van der Waals surface area contributed by atoms with Gasteiger partial charge in [0.05, 0.1) is 6.54 Å². The van der Waals surface area contributed by atoms with E-state index in [1.807, 2.05) is 6.92 Å². The zero-order chi connectivity index (χ0) is 11.5. The average Bonchev–Trinajstić information content (AvgIpc) is 2.87. The first-order valence-corrected chi connectivity index (χ1v) is 6.45. The maximum atomic E-state index is 12.0. The van der Waals surface area contributed by atoms with E-state index in [1.54, 1.807) is 4.90 Å². The largest absolute Gasteiger partial charge is 0.332 e. The number of hydrogen-bond donors (Lipinski definition) is 0. The van der Waals surface area contributed by atoms with Gasteiger partial charge in [-0.3, -0.25) is 4.79 Å². The summed E-state index contributed by atoms with van der Waals surface area (Å²) in [4.78, 5) is 13.8. The fraction of sp³-hybridized carbons (Fsp3) is 0.786. The smallest absolute Gasteiger partial charge is 0.223 e.